The van der Waals surface area contributed by atoms with Gasteiger partial charge < -0.3 is 15.5 Å². The van der Waals surface area contributed by atoms with Gasteiger partial charge in [-0.1, -0.05) is 0 Å². The second-order valence-electron chi connectivity index (χ2n) is 9.26. The first-order valence-electron chi connectivity index (χ1n) is 11.5. The van der Waals surface area contributed by atoms with Crippen molar-refractivity contribution in [2.24, 2.45) is 7.05 Å². The number of nitrogen functional groups attached to an aromatic ring is 1. The molecule has 1 amide bonds. The van der Waals surface area contributed by atoms with Crippen LogP contribution < -0.4 is 10.6 Å². The van der Waals surface area contributed by atoms with Crippen LogP contribution in [0.5, 0.6) is 0 Å². The molecule has 2 aliphatic heterocycles. The fourth-order valence-electron chi connectivity index (χ4n) is 5.23. The highest BCUT2D eigenvalue weighted by Crippen LogP contribution is 2.41. The molecule has 1 atom stereocenters. The maximum atomic E-state index is 14.5. The lowest BCUT2D eigenvalue weighted by Crippen LogP contribution is -2.38. The second kappa shape index (κ2) is 7.54. The highest BCUT2D eigenvalue weighted by Gasteiger charge is 2.37. The quantitative estimate of drug-likeness (QED) is 0.614. The largest absolute Gasteiger partial charge is 0.380 e. The van der Waals surface area contributed by atoms with Crippen LogP contribution in [0.2, 0.25) is 0 Å². The van der Waals surface area contributed by atoms with Gasteiger partial charge in [0.1, 0.15) is 5.82 Å². The molecule has 3 aliphatic rings. The Morgan fingerprint density at radius 3 is 2.73 bits per heavy atom. The molecular weight excluding hydrogens is 421 g/mol. The van der Waals surface area contributed by atoms with Gasteiger partial charge in [-0.15, -0.1) is 10.2 Å². The molecule has 2 N–H and O–H groups in total. The van der Waals surface area contributed by atoms with E-state index in [-0.39, 0.29) is 23.8 Å². The zero-order chi connectivity index (χ0) is 22.7. The Balaban J connectivity index is 1.61. The maximum Gasteiger partial charge on any atom is 0.254 e. The number of hydrogen-bond donors (Lipinski definition) is 1. The number of hydrogen-bond acceptors (Lipinski definition) is 6. The van der Waals surface area contributed by atoms with Crippen molar-refractivity contribution >= 4 is 17.4 Å². The summed E-state index contributed by atoms with van der Waals surface area (Å²) in [5.74, 6) is -0.0828. The second-order valence-corrected chi connectivity index (χ2v) is 9.26. The first-order valence-corrected chi connectivity index (χ1v) is 11.5. The van der Waals surface area contributed by atoms with Gasteiger partial charge in [-0.25, -0.2) is 4.39 Å². The van der Waals surface area contributed by atoms with Gasteiger partial charge in [-0.3, -0.25) is 9.48 Å². The van der Waals surface area contributed by atoms with E-state index >= 15 is 0 Å². The van der Waals surface area contributed by atoms with Crippen molar-refractivity contribution < 1.29 is 9.18 Å². The van der Waals surface area contributed by atoms with E-state index in [0.29, 0.717) is 29.2 Å². The Hall–Kier alpha value is -3.49. The Morgan fingerprint density at radius 1 is 1.06 bits per heavy atom. The number of anilines is 2. The van der Waals surface area contributed by atoms with Crippen molar-refractivity contribution in [2.75, 3.05) is 17.2 Å². The van der Waals surface area contributed by atoms with E-state index in [1.165, 1.54) is 12.1 Å². The van der Waals surface area contributed by atoms with Gasteiger partial charge in [0, 0.05) is 37.0 Å². The molecule has 170 valence electrons. The molecule has 0 unspecified atom stereocenters. The molecule has 2 bridgehead atoms. The van der Waals surface area contributed by atoms with Crippen LogP contribution >= 0.6 is 0 Å². The highest BCUT2D eigenvalue weighted by atomic mass is 19.1. The predicted molar refractivity (Wildman–Crippen MR) is 122 cm³/mol. The lowest BCUT2D eigenvalue weighted by molar-refractivity contribution is 0.0725. The number of carbonyl (C=O) groups is 1. The summed E-state index contributed by atoms with van der Waals surface area (Å²) >= 11 is 0. The number of nitrogens with zero attached hydrogens (tertiary/aromatic N) is 6. The first kappa shape index (κ1) is 20.1. The third-order valence-corrected chi connectivity index (χ3v) is 6.97. The molecule has 4 heterocycles. The van der Waals surface area contributed by atoms with E-state index < -0.39 is 0 Å². The normalized spacial score (nSPS) is 20.4. The number of halogens is 1. The van der Waals surface area contributed by atoms with E-state index in [1.54, 1.807) is 10.7 Å². The van der Waals surface area contributed by atoms with Gasteiger partial charge >= 0.3 is 0 Å². The van der Waals surface area contributed by atoms with Crippen LogP contribution in [0.1, 0.15) is 59.8 Å². The fourth-order valence-corrected chi connectivity index (χ4v) is 5.23. The lowest BCUT2D eigenvalue weighted by Gasteiger charge is -2.39. The Labute approximate surface area is 191 Å². The number of piperidine rings is 1. The maximum absolute atomic E-state index is 14.5. The lowest BCUT2D eigenvalue weighted by atomic mass is 9.90. The predicted octanol–water partition coefficient (Wildman–Crippen LogP) is 3.45. The molecule has 8 nitrogen and oxygen atoms in total. The summed E-state index contributed by atoms with van der Waals surface area (Å²) in [5.41, 5.74) is 10.6. The minimum absolute atomic E-state index is 0.0714. The number of aryl methyl sites for hydroxylation is 1. The van der Waals surface area contributed by atoms with Crippen molar-refractivity contribution in [3.63, 3.8) is 0 Å². The van der Waals surface area contributed by atoms with Crippen molar-refractivity contribution in [1.29, 1.82) is 0 Å². The van der Waals surface area contributed by atoms with Gasteiger partial charge in [-0.05, 0) is 61.9 Å². The summed E-state index contributed by atoms with van der Waals surface area (Å²) in [4.78, 5) is 18.0. The molecule has 33 heavy (non-hydrogen) atoms. The summed E-state index contributed by atoms with van der Waals surface area (Å²) in [6.45, 7) is 1.11. The average molecular weight is 448 g/mol. The van der Waals surface area contributed by atoms with E-state index in [9.17, 15) is 9.18 Å². The average Bonchev–Trinajstić information content (AvgIpc) is 3.59. The van der Waals surface area contributed by atoms with E-state index in [0.717, 1.165) is 55.6 Å². The smallest absolute Gasteiger partial charge is 0.254 e. The van der Waals surface area contributed by atoms with Crippen molar-refractivity contribution in [1.82, 2.24) is 24.9 Å². The molecule has 6 rings (SSSR count). The van der Waals surface area contributed by atoms with Gasteiger partial charge in [0.2, 0.25) is 0 Å². The molecule has 0 spiro atoms. The van der Waals surface area contributed by atoms with E-state index in [2.05, 4.69) is 20.2 Å². The number of carbonyl (C=O) groups excluding carboxylic acids is 1. The van der Waals surface area contributed by atoms with E-state index in [1.807, 2.05) is 24.2 Å². The zero-order valence-electron chi connectivity index (χ0n) is 18.5. The molecule has 0 radical (unpaired) electrons. The number of amides is 1. The van der Waals surface area contributed by atoms with Crippen LogP contribution in [0, 0.1) is 5.82 Å². The van der Waals surface area contributed by atoms with Crippen LogP contribution in [-0.4, -0.2) is 43.4 Å². The molecule has 3 aromatic rings. The number of benzene rings is 1. The SMILES string of the molecule is Cn1cc2c(n1)CN(C1CC1)C(=O)c1ccc(F)cc1[C@H]1CCCCN1c1cc-2nnc1N. The summed E-state index contributed by atoms with van der Waals surface area (Å²) in [5, 5.41) is 13.3. The minimum atomic E-state index is -0.342. The molecule has 2 aromatic heterocycles. The van der Waals surface area contributed by atoms with Crippen LogP contribution in [-0.2, 0) is 13.6 Å². The number of fused-ring (bicyclic) bond motifs is 8. The molecule has 9 heteroatoms. The Morgan fingerprint density at radius 2 is 1.91 bits per heavy atom. The Kier molecular flexibility index (Phi) is 4.60. The van der Waals surface area contributed by atoms with Crippen molar-refractivity contribution in [3.05, 3.63) is 53.1 Å². The van der Waals surface area contributed by atoms with Crippen LogP contribution in [0.25, 0.3) is 11.3 Å². The van der Waals surface area contributed by atoms with Crippen LogP contribution in [0.15, 0.2) is 30.5 Å². The van der Waals surface area contributed by atoms with Gasteiger partial charge in [0.05, 0.1) is 29.7 Å². The third kappa shape index (κ3) is 3.42. The van der Waals surface area contributed by atoms with Crippen molar-refractivity contribution in [3.8, 4) is 11.3 Å². The Bertz CT molecular complexity index is 1250. The minimum Gasteiger partial charge on any atom is -0.380 e. The number of rotatable bonds is 1. The summed E-state index contributed by atoms with van der Waals surface area (Å²) in [7, 11) is 1.86. The van der Waals surface area contributed by atoms with Crippen LogP contribution in [0.4, 0.5) is 15.9 Å². The number of nitrogens with two attached hydrogens (primary N) is 1. The van der Waals surface area contributed by atoms with Crippen LogP contribution in [0.3, 0.4) is 0 Å². The molecule has 1 aromatic carbocycles. The topological polar surface area (TPSA) is 93.2 Å². The molecule has 2 fully saturated rings. The summed E-state index contributed by atoms with van der Waals surface area (Å²) in [6, 6.07) is 6.51. The molecule has 1 saturated heterocycles. The van der Waals surface area contributed by atoms with Gasteiger partial charge in [-0.2, -0.15) is 5.10 Å². The van der Waals surface area contributed by atoms with Gasteiger partial charge in [0.25, 0.3) is 5.91 Å². The molecule has 1 saturated carbocycles. The van der Waals surface area contributed by atoms with Gasteiger partial charge in [0.15, 0.2) is 5.82 Å². The van der Waals surface area contributed by atoms with Crippen molar-refractivity contribution in [2.45, 2.75) is 50.7 Å². The first-order chi connectivity index (χ1) is 16.0. The monoisotopic (exact) mass is 447 g/mol. The number of aromatic nitrogens is 4. The summed E-state index contributed by atoms with van der Waals surface area (Å²) < 4.78 is 16.2. The third-order valence-electron chi connectivity index (χ3n) is 6.97. The highest BCUT2D eigenvalue weighted by molar-refractivity contribution is 5.96. The standard InChI is InChI=1S/C24H26FN7O/c1-30-12-18-19-11-22(23(26)28-27-19)31-9-3-2-4-21(31)17-10-14(25)5-8-16(17)24(33)32(15-6-7-15)13-20(18)29-30/h5,8,10-12,15,21H,2-4,6-7,9,13H2,1H3,(H2,26,28)/t21-/m1/s1. The van der Waals surface area contributed by atoms with E-state index in [4.69, 9.17) is 5.73 Å². The fraction of sp³-hybridized carbons (Fsp3) is 0.417. The molecular formula is C24H26FN7O. The zero-order valence-corrected chi connectivity index (χ0v) is 18.5. The molecule has 1 aliphatic carbocycles. The summed E-state index contributed by atoms with van der Waals surface area (Å²) in [6.07, 6.45) is 6.63.